The van der Waals surface area contributed by atoms with E-state index in [0.717, 1.165) is 36.1 Å². The Labute approximate surface area is 196 Å². The van der Waals surface area contributed by atoms with E-state index in [-0.39, 0.29) is 24.0 Å². The van der Waals surface area contributed by atoms with Gasteiger partial charge in [0.25, 0.3) is 0 Å². The second kappa shape index (κ2) is 12.8. The van der Waals surface area contributed by atoms with Crippen LogP contribution in [0.25, 0.3) is 0 Å². The molecule has 0 spiro atoms. The molecule has 3 rings (SSSR count). The maximum Gasteiger partial charge on any atom is 0.191 e. The molecule has 1 aromatic heterocycles. The third-order valence-corrected chi connectivity index (χ3v) is 4.48. The number of pyridine rings is 1. The van der Waals surface area contributed by atoms with Gasteiger partial charge in [0.15, 0.2) is 5.96 Å². The van der Waals surface area contributed by atoms with E-state index in [1.54, 1.807) is 6.20 Å². The molecule has 0 aliphatic carbocycles. The Morgan fingerprint density at radius 3 is 2.60 bits per heavy atom. The number of nitrogens with one attached hydrogen (secondary N) is 2. The summed E-state index contributed by atoms with van der Waals surface area (Å²) in [6.07, 6.45) is 1.77. The lowest BCUT2D eigenvalue weighted by Crippen LogP contribution is -2.36. The van der Waals surface area contributed by atoms with Gasteiger partial charge in [-0.1, -0.05) is 42.5 Å². The largest absolute Gasteiger partial charge is 0.487 e. The Morgan fingerprint density at radius 1 is 1.00 bits per heavy atom. The van der Waals surface area contributed by atoms with Gasteiger partial charge in [0.1, 0.15) is 12.4 Å². The van der Waals surface area contributed by atoms with E-state index < -0.39 is 0 Å². The highest BCUT2D eigenvalue weighted by Gasteiger charge is 2.02. The van der Waals surface area contributed by atoms with Crippen LogP contribution in [0.4, 0.5) is 0 Å². The molecule has 0 saturated heterocycles. The van der Waals surface area contributed by atoms with Crippen LogP contribution in [0.15, 0.2) is 77.9 Å². The number of aromatic nitrogens is 1. The average molecular weight is 516 g/mol. The van der Waals surface area contributed by atoms with Crippen molar-refractivity contribution >= 4 is 29.9 Å². The van der Waals surface area contributed by atoms with Crippen molar-refractivity contribution in [1.82, 2.24) is 15.6 Å². The maximum absolute atomic E-state index is 5.86. The van der Waals surface area contributed by atoms with Crippen molar-refractivity contribution in [2.24, 2.45) is 4.99 Å². The van der Waals surface area contributed by atoms with Crippen LogP contribution in [0.2, 0.25) is 0 Å². The first-order valence-electron chi connectivity index (χ1n) is 9.93. The summed E-state index contributed by atoms with van der Waals surface area (Å²) in [5, 5.41) is 6.71. The van der Waals surface area contributed by atoms with Crippen molar-refractivity contribution in [2.45, 2.75) is 33.5 Å². The predicted molar refractivity (Wildman–Crippen MR) is 133 cm³/mol. The molecule has 0 atom stereocenters. The van der Waals surface area contributed by atoms with E-state index in [1.807, 2.05) is 36.4 Å². The molecular formula is C24H29IN4O. The lowest BCUT2D eigenvalue weighted by atomic mass is 10.1. The van der Waals surface area contributed by atoms with Gasteiger partial charge in [-0.05, 0) is 54.8 Å². The van der Waals surface area contributed by atoms with Gasteiger partial charge in [0.05, 0.1) is 12.2 Å². The minimum atomic E-state index is 0. The van der Waals surface area contributed by atoms with E-state index in [2.05, 4.69) is 59.8 Å². The topological polar surface area (TPSA) is 58.5 Å². The Hall–Kier alpha value is -2.61. The zero-order valence-electron chi connectivity index (χ0n) is 17.5. The van der Waals surface area contributed by atoms with Crippen molar-refractivity contribution < 1.29 is 4.74 Å². The fourth-order valence-corrected chi connectivity index (χ4v) is 2.87. The number of aliphatic imine (C=N–C) groups is 1. The van der Waals surface area contributed by atoms with Gasteiger partial charge in [-0.2, -0.15) is 0 Å². The Bertz CT molecular complexity index is 931. The third kappa shape index (κ3) is 7.67. The lowest BCUT2D eigenvalue weighted by Gasteiger charge is -2.13. The number of rotatable bonds is 8. The SMILES string of the molecule is CCNC(=NCc1cccc(OCc2ccccn2)c1)NCc1ccccc1C.I. The van der Waals surface area contributed by atoms with Crippen LogP contribution in [-0.4, -0.2) is 17.5 Å². The van der Waals surface area contributed by atoms with Crippen LogP contribution in [-0.2, 0) is 19.7 Å². The molecule has 2 aromatic carbocycles. The first kappa shape index (κ1) is 23.7. The molecule has 0 fully saturated rings. The van der Waals surface area contributed by atoms with Gasteiger partial charge in [-0.25, -0.2) is 4.99 Å². The first-order chi connectivity index (χ1) is 14.2. The molecule has 158 valence electrons. The molecule has 0 aliphatic rings. The second-order valence-corrected chi connectivity index (χ2v) is 6.73. The highest BCUT2D eigenvalue weighted by Crippen LogP contribution is 2.15. The molecule has 5 nitrogen and oxygen atoms in total. The van der Waals surface area contributed by atoms with Crippen LogP contribution < -0.4 is 15.4 Å². The molecule has 0 amide bonds. The smallest absolute Gasteiger partial charge is 0.191 e. The Balaban J connectivity index is 0.00000320. The average Bonchev–Trinajstić information content (AvgIpc) is 2.76. The van der Waals surface area contributed by atoms with Crippen molar-refractivity contribution in [3.05, 3.63) is 95.3 Å². The summed E-state index contributed by atoms with van der Waals surface area (Å²) in [4.78, 5) is 9.00. The summed E-state index contributed by atoms with van der Waals surface area (Å²) in [5.41, 5.74) is 4.54. The molecule has 3 aromatic rings. The fraction of sp³-hybridized carbons (Fsp3) is 0.250. The van der Waals surface area contributed by atoms with E-state index in [1.165, 1.54) is 11.1 Å². The number of hydrogen-bond donors (Lipinski definition) is 2. The monoisotopic (exact) mass is 516 g/mol. The summed E-state index contributed by atoms with van der Waals surface area (Å²) in [6, 6.07) is 22.2. The number of halogens is 1. The number of guanidine groups is 1. The lowest BCUT2D eigenvalue weighted by molar-refractivity contribution is 0.301. The summed E-state index contributed by atoms with van der Waals surface area (Å²) >= 11 is 0. The minimum absolute atomic E-state index is 0. The van der Waals surface area contributed by atoms with E-state index in [0.29, 0.717) is 13.2 Å². The zero-order chi connectivity index (χ0) is 20.3. The Morgan fingerprint density at radius 2 is 1.83 bits per heavy atom. The molecule has 1 heterocycles. The van der Waals surface area contributed by atoms with Crippen molar-refractivity contribution in [1.29, 1.82) is 0 Å². The summed E-state index contributed by atoms with van der Waals surface area (Å²) in [6.45, 7) is 6.77. The van der Waals surface area contributed by atoms with Gasteiger partial charge in [-0.15, -0.1) is 24.0 Å². The number of ether oxygens (including phenoxy) is 1. The normalized spacial score (nSPS) is 10.8. The van der Waals surface area contributed by atoms with Crippen LogP contribution in [0.3, 0.4) is 0 Å². The quantitative estimate of drug-likeness (QED) is 0.256. The van der Waals surface area contributed by atoms with Gasteiger partial charge in [0, 0.05) is 19.3 Å². The maximum atomic E-state index is 5.86. The van der Waals surface area contributed by atoms with Crippen molar-refractivity contribution in [3.63, 3.8) is 0 Å². The number of benzene rings is 2. The molecule has 0 bridgehead atoms. The molecule has 0 unspecified atom stereocenters. The molecule has 6 heteroatoms. The van der Waals surface area contributed by atoms with Crippen LogP contribution in [0.1, 0.15) is 29.3 Å². The van der Waals surface area contributed by atoms with E-state index in [9.17, 15) is 0 Å². The minimum Gasteiger partial charge on any atom is -0.487 e. The molecule has 0 radical (unpaired) electrons. The molecule has 30 heavy (non-hydrogen) atoms. The van der Waals surface area contributed by atoms with E-state index >= 15 is 0 Å². The summed E-state index contributed by atoms with van der Waals surface area (Å²) < 4.78 is 5.86. The van der Waals surface area contributed by atoms with Crippen molar-refractivity contribution in [2.75, 3.05) is 6.54 Å². The molecule has 0 saturated carbocycles. The van der Waals surface area contributed by atoms with Crippen LogP contribution in [0, 0.1) is 6.92 Å². The van der Waals surface area contributed by atoms with Gasteiger partial charge in [-0.3, -0.25) is 4.98 Å². The second-order valence-electron chi connectivity index (χ2n) is 6.73. The van der Waals surface area contributed by atoms with Gasteiger partial charge in [0.2, 0.25) is 0 Å². The van der Waals surface area contributed by atoms with Crippen LogP contribution in [0.5, 0.6) is 5.75 Å². The molecule has 2 N–H and O–H groups in total. The number of hydrogen-bond acceptors (Lipinski definition) is 3. The van der Waals surface area contributed by atoms with Gasteiger partial charge >= 0.3 is 0 Å². The Kier molecular flexibility index (Phi) is 10.1. The number of nitrogens with zero attached hydrogens (tertiary/aromatic N) is 2. The fourth-order valence-electron chi connectivity index (χ4n) is 2.87. The third-order valence-electron chi connectivity index (χ3n) is 4.48. The standard InChI is InChI=1S/C24H28N4O.HI/c1-3-25-24(28-17-21-11-5-4-9-19(21)2)27-16-20-10-8-13-23(15-20)29-18-22-12-6-7-14-26-22;/h4-15H,3,16-18H2,1-2H3,(H2,25,27,28);1H. The van der Waals surface area contributed by atoms with Crippen molar-refractivity contribution in [3.8, 4) is 5.75 Å². The summed E-state index contributed by atoms with van der Waals surface area (Å²) in [7, 11) is 0. The zero-order valence-corrected chi connectivity index (χ0v) is 19.8. The predicted octanol–water partition coefficient (Wildman–Crippen LogP) is 4.84. The molecular weight excluding hydrogens is 487 g/mol. The molecule has 0 aliphatic heterocycles. The first-order valence-corrected chi connectivity index (χ1v) is 9.93. The van der Waals surface area contributed by atoms with Crippen LogP contribution >= 0.6 is 24.0 Å². The highest BCUT2D eigenvalue weighted by molar-refractivity contribution is 14.0. The van der Waals surface area contributed by atoms with E-state index in [4.69, 9.17) is 9.73 Å². The van der Waals surface area contributed by atoms with Gasteiger partial charge < -0.3 is 15.4 Å². The highest BCUT2D eigenvalue weighted by atomic mass is 127. The number of aryl methyl sites for hydroxylation is 1. The summed E-state index contributed by atoms with van der Waals surface area (Å²) in [5.74, 6) is 1.62.